The third-order valence-electron chi connectivity index (χ3n) is 10.1. The monoisotopic (exact) mass is 725 g/mol. The molecule has 3 aliphatic carbocycles. The van der Waals surface area contributed by atoms with Gasteiger partial charge in [0.2, 0.25) is 27.7 Å². The summed E-state index contributed by atoms with van der Waals surface area (Å²) in [6, 6.07) is 5.18. The molecule has 1 aromatic carbocycles. The Bertz CT molecular complexity index is 1820. The Morgan fingerprint density at radius 3 is 2.45 bits per heavy atom. The minimum Gasteiger partial charge on any atom is -0.497 e. The first kappa shape index (κ1) is 36.4. The molecule has 14 nitrogen and oxygen atoms in total. The van der Waals surface area contributed by atoms with E-state index in [1.165, 1.54) is 11.0 Å². The number of likely N-dealkylation sites (tertiary alicyclic amines) is 1. The van der Waals surface area contributed by atoms with E-state index in [0.717, 1.165) is 18.2 Å². The van der Waals surface area contributed by atoms with E-state index in [-0.39, 0.29) is 25.3 Å². The lowest BCUT2D eigenvalue weighted by molar-refractivity contribution is -0.142. The summed E-state index contributed by atoms with van der Waals surface area (Å²) in [5, 5.41) is 6.49. The molecule has 1 aromatic heterocycles. The quantitative estimate of drug-likeness (QED) is 0.275. The number of aromatic nitrogens is 1. The van der Waals surface area contributed by atoms with Crippen molar-refractivity contribution in [1.29, 1.82) is 0 Å². The van der Waals surface area contributed by atoms with Crippen molar-refractivity contribution in [2.45, 2.75) is 107 Å². The molecule has 0 unspecified atom stereocenters. The van der Waals surface area contributed by atoms with Crippen molar-refractivity contribution in [2.24, 2.45) is 11.8 Å². The summed E-state index contributed by atoms with van der Waals surface area (Å²) in [4.78, 5) is 61.1. The van der Waals surface area contributed by atoms with Crippen LogP contribution in [0.4, 0.5) is 4.79 Å². The maximum absolute atomic E-state index is 14.6. The van der Waals surface area contributed by atoms with E-state index >= 15 is 0 Å². The van der Waals surface area contributed by atoms with Crippen LogP contribution in [0.5, 0.6) is 11.6 Å². The van der Waals surface area contributed by atoms with E-state index in [9.17, 15) is 27.6 Å². The van der Waals surface area contributed by atoms with E-state index in [1.54, 1.807) is 40.1 Å². The maximum Gasteiger partial charge on any atom is 0.408 e. The molecule has 1 aliphatic heterocycles. The van der Waals surface area contributed by atoms with Crippen molar-refractivity contribution in [3.05, 3.63) is 43.1 Å². The van der Waals surface area contributed by atoms with Crippen LogP contribution < -0.4 is 24.8 Å². The Kier molecular flexibility index (Phi) is 9.96. The summed E-state index contributed by atoms with van der Waals surface area (Å²) in [6.45, 7) is 8.96. The van der Waals surface area contributed by atoms with Gasteiger partial charge in [-0.15, -0.1) is 6.58 Å². The summed E-state index contributed by atoms with van der Waals surface area (Å²) >= 11 is 0. The van der Waals surface area contributed by atoms with Gasteiger partial charge in [-0.05, 0) is 88.4 Å². The first-order valence-electron chi connectivity index (χ1n) is 17.5. The Hall–Kier alpha value is -4.40. The van der Waals surface area contributed by atoms with Gasteiger partial charge in [-0.25, -0.2) is 18.2 Å². The minimum absolute atomic E-state index is 0.00942. The first-order chi connectivity index (χ1) is 24.1. The number of hydrogen-bond donors (Lipinski definition) is 3. The highest BCUT2D eigenvalue weighted by Crippen LogP contribution is 2.45. The van der Waals surface area contributed by atoms with Gasteiger partial charge in [0.25, 0.3) is 5.91 Å². The van der Waals surface area contributed by atoms with Crippen molar-refractivity contribution in [3.63, 3.8) is 0 Å². The third-order valence-corrected chi connectivity index (χ3v) is 11.9. The van der Waals surface area contributed by atoms with E-state index in [4.69, 9.17) is 14.2 Å². The molecule has 2 aromatic rings. The number of fused-ring (bicyclic) bond motifs is 1. The summed E-state index contributed by atoms with van der Waals surface area (Å²) in [5.41, 5.74) is -2.34. The molecule has 5 atom stereocenters. The van der Waals surface area contributed by atoms with E-state index in [0.29, 0.717) is 42.7 Å². The number of ether oxygens (including phenoxy) is 3. The zero-order chi connectivity index (χ0) is 36.7. The molecule has 51 heavy (non-hydrogen) atoms. The Morgan fingerprint density at radius 2 is 1.82 bits per heavy atom. The van der Waals surface area contributed by atoms with E-state index in [1.807, 2.05) is 18.2 Å². The molecule has 4 aliphatic rings. The van der Waals surface area contributed by atoms with Crippen molar-refractivity contribution in [2.75, 3.05) is 13.7 Å². The van der Waals surface area contributed by atoms with Crippen LogP contribution in [-0.4, -0.2) is 90.3 Å². The number of sulfonamides is 1. The van der Waals surface area contributed by atoms with E-state index in [2.05, 4.69) is 26.9 Å². The number of carbonyl (C=O) groups is 4. The number of hydrogen-bond acceptors (Lipinski definition) is 10. The zero-order valence-corrected chi connectivity index (χ0v) is 30.3. The Morgan fingerprint density at radius 1 is 1.10 bits per heavy atom. The van der Waals surface area contributed by atoms with Crippen LogP contribution in [-0.2, 0) is 29.1 Å². The average molecular weight is 726 g/mol. The van der Waals surface area contributed by atoms with Gasteiger partial charge in [0.1, 0.15) is 35.1 Å². The van der Waals surface area contributed by atoms with Crippen molar-refractivity contribution in [3.8, 4) is 11.6 Å². The minimum atomic E-state index is -3.89. The van der Waals surface area contributed by atoms with Gasteiger partial charge in [0.05, 0.1) is 18.9 Å². The number of nitrogens with one attached hydrogen (secondary N) is 3. The molecule has 0 radical (unpaired) electrons. The van der Waals surface area contributed by atoms with Gasteiger partial charge in [-0.2, -0.15) is 0 Å². The van der Waals surface area contributed by atoms with Crippen molar-refractivity contribution >= 4 is 44.6 Å². The van der Waals surface area contributed by atoms with Gasteiger partial charge < -0.3 is 29.7 Å². The summed E-state index contributed by atoms with van der Waals surface area (Å²) in [7, 11) is -2.31. The molecule has 276 valence electrons. The second-order valence-electron chi connectivity index (χ2n) is 15.0. The van der Waals surface area contributed by atoms with Crippen LogP contribution in [0.3, 0.4) is 0 Å². The summed E-state index contributed by atoms with van der Waals surface area (Å²) in [5.74, 6) is -1.67. The molecule has 2 heterocycles. The number of alkyl carbamates (subject to hydrolysis) is 1. The van der Waals surface area contributed by atoms with Gasteiger partial charge in [-0.3, -0.25) is 19.1 Å². The molecule has 0 bridgehead atoms. The topological polar surface area (TPSA) is 182 Å². The number of rotatable bonds is 12. The second kappa shape index (κ2) is 14.0. The van der Waals surface area contributed by atoms with Crippen LogP contribution in [0.25, 0.3) is 10.8 Å². The predicted molar refractivity (Wildman–Crippen MR) is 187 cm³/mol. The fourth-order valence-electron chi connectivity index (χ4n) is 7.19. The Balaban J connectivity index is 1.29. The lowest BCUT2D eigenvalue weighted by atomic mass is 9.96. The number of amides is 4. The van der Waals surface area contributed by atoms with Crippen molar-refractivity contribution in [1.82, 2.24) is 25.2 Å². The molecule has 6 rings (SSSR count). The molecule has 3 saturated carbocycles. The standard InChI is InChI=1S/C36H47N5O9S/c1-6-23-19-36(23,33(44)40-51(46,47)26-12-13-26)39-30(42)28-18-25(49-31-27-14-11-24(48-5)17-22(27)15-16-37-31)20-41(28)32(43)29(21-9-7-8-10-21)38-34(45)50-35(2,3)4/h6,11,14-17,21,23,25-26,28-29H,1,7-10,12-13,18-20H2,2-5H3,(H,38,45)(H,39,42)(H,40,44)/t23-,25+,28+,29-,36-/m0/s1. The molecular weight excluding hydrogens is 678 g/mol. The van der Waals surface area contributed by atoms with Gasteiger partial charge in [0.15, 0.2) is 0 Å². The molecule has 4 amide bonds. The third kappa shape index (κ3) is 7.92. The van der Waals surface area contributed by atoms with E-state index < -0.39 is 74.3 Å². The van der Waals surface area contributed by atoms with Crippen LogP contribution in [0, 0.1) is 11.8 Å². The fraction of sp³-hybridized carbons (Fsp3) is 0.583. The summed E-state index contributed by atoms with van der Waals surface area (Å²) in [6.07, 6.45) is 6.01. The normalized spacial score (nSPS) is 25.5. The number of methoxy groups -OCH3 is 1. The highest BCUT2D eigenvalue weighted by molar-refractivity contribution is 7.91. The zero-order valence-electron chi connectivity index (χ0n) is 29.5. The largest absolute Gasteiger partial charge is 0.497 e. The number of carbonyl (C=O) groups excluding carboxylic acids is 4. The molecule has 1 saturated heterocycles. The number of benzene rings is 1. The van der Waals surface area contributed by atoms with Crippen LogP contribution in [0.2, 0.25) is 0 Å². The molecular formula is C36H47N5O9S. The number of pyridine rings is 1. The molecule has 15 heteroatoms. The van der Waals surface area contributed by atoms with Crippen LogP contribution in [0.1, 0.15) is 72.1 Å². The van der Waals surface area contributed by atoms with Crippen LogP contribution in [0.15, 0.2) is 43.1 Å². The van der Waals surface area contributed by atoms with Crippen molar-refractivity contribution < 1.29 is 41.8 Å². The van der Waals surface area contributed by atoms with Gasteiger partial charge in [0, 0.05) is 23.9 Å². The second-order valence-corrected chi connectivity index (χ2v) is 17.0. The average Bonchev–Trinajstić information content (AvgIpc) is 3.95. The summed E-state index contributed by atoms with van der Waals surface area (Å²) < 4.78 is 44.8. The Labute approximate surface area is 298 Å². The maximum atomic E-state index is 14.6. The van der Waals surface area contributed by atoms with Gasteiger partial charge in [-0.1, -0.05) is 18.9 Å². The molecule has 3 N–H and O–H groups in total. The lowest BCUT2D eigenvalue weighted by Gasteiger charge is -2.32. The SMILES string of the molecule is C=C[C@H]1C[C@@]1(NC(=O)[C@H]1C[C@@H](Oc2nccc3cc(OC)ccc23)CN1C(=O)[C@@H](NC(=O)OC(C)(C)C)C1CCCC1)C(=O)NS(=O)(=O)C1CC1. The smallest absolute Gasteiger partial charge is 0.408 e. The highest BCUT2D eigenvalue weighted by Gasteiger charge is 2.62. The van der Waals surface area contributed by atoms with Gasteiger partial charge >= 0.3 is 6.09 Å². The first-order valence-corrected chi connectivity index (χ1v) is 19.1. The fourth-order valence-corrected chi connectivity index (χ4v) is 8.55. The highest BCUT2D eigenvalue weighted by atomic mass is 32.2. The molecule has 0 spiro atoms. The van der Waals surface area contributed by atoms with Crippen LogP contribution >= 0.6 is 0 Å². The lowest BCUT2D eigenvalue weighted by Crippen LogP contribution is -2.59. The predicted octanol–water partition coefficient (Wildman–Crippen LogP) is 3.34. The number of nitrogens with zero attached hydrogens (tertiary/aromatic N) is 2. The molecule has 4 fully saturated rings.